The molecule has 1 amide bonds. The van der Waals surface area contributed by atoms with Crippen molar-refractivity contribution in [2.45, 2.75) is 39.5 Å². The molecule has 0 saturated carbocycles. The number of nitrogens with one attached hydrogen (secondary N) is 3. The fraction of sp³-hybridized carbons (Fsp3) is 0.348. The van der Waals surface area contributed by atoms with E-state index in [9.17, 15) is 9.18 Å². The van der Waals surface area contributed by atoms with Crippen molar-refractivity contribution in [1.29, 1.82) is 0 Å². The maximum Gasteiger partial charge on any atom is 0.227 e. The van der Waals surface area contributed by atoms with E-state index in [2.05, 4.69) is 26.0 Å². The van der Waals surface area contributed by atoms with Crippen molar-refractivity contribution in [3.8, 4) is 0 Å². The number of aromatic nitrogens is 3. The topological polar surface area (TPSA) is 93.1 Å². The molecule has 2 heterocycles. The lowest BCUT2D eigenvalue weighted by molar-refractivity contribution is -0.118. The third-order valence-corrected chi connectivity index (χ3v) is 5.00. The lowest BCUT2D eigenvalue weighted by Gasteiger charge is -2.16. The summed E-state index contributed by atoms with van der Waals surface area (Å²) in [6.07, 6.45) is 3.78. The quantitative estimate of drug-likeness (QED) is 0.444. The Kier molecular flexibility index (Phi) is 7.77. The Labute approximate surface area is 187 Å². The van der Waals surface area contributed by atoms with E-state index < -0.39 is 0 Å². The number of ether oxygens (including phenoxy) is 1. The molecule has 32 heavy (non-hydrogen) atoms. The number of hydrogen-bond acceptors (Lipinski definition) is 6. The molecule has 3 N–H and O–H groups in total. The molecule has 3 aromatic rings. The summed E-state index contributed by atoms with van der Waals surface area (Å²) in [5.74, 6) is 0.284. The van der Waals surface area contributed by atoms with Gasteiger partial charge in [0.2, 0.25) is 5.91 Å². The molecule has 1 atom stereocenters. The minimum Gasteiger partial charge on any atom is -0.386 e. The van der Waals surface area contributed by atoms with Gasteiger partial charge in [0.25, 0.3) is 0 Å². The van der Waals surface area contributed by atoms with Crippen LogP contribution < -0.4 is 16.0 Å². The zero-order valence-electron chi connectivity index (χ0n) is 18.8. The number of halogens is 1. The van der Waals surface area contributed by atoms with Crippen LogP contribution in [0.15, 0.2) is 42.7 Å². The van der Waals surface area contributed by atoms with E-state index in [1.807, 2.05) is 32.2 Å². The summed E-state index contributed by atoms with van der Waals surface area (Å²) in [4.78, 5) is 16.8. The number of amides is 1. The highest BCUT2D eigenvalue weighted by molar-refractivity contribution is 5.95. The number of carbonyl (C=O) groups is 1. The molecule has 0 aliphatic heterocycles. The fourth-order valence-electron chi connectivity index (χ4n) is 3.25. The van der Waals surface area contributed by atoms with Crippen LogP contribution in [-0.2, 0) is 22.6 Å². The first-order valence-corrected chi connectivity index (χ1v) is 10.4. The molecule has 0 saturated heterocycles. The Bertz CT molecular complexity index is 1070. The normalized spacial score (nSPS) is 11.8. The predicted molar refractivity (Wildman–Crippen MR) is 123 cm³/mol. The zero-order valence-corrected chi connectivity index (χ0v) is 18.8. The molecule has 0 fully saturated rings. The average Bonchev–Trinajstić information content (AvgIpc) is 3.20. The molecule has 8 nitrogen and oxygen atoms in total. The van der Waals surface area contributed by atoms with E-state index in [4.69, 9.17) is 4.74 Å². The van der Waals surface area contributed by atoms with Gasteiger partial charge < -0.3 is 20.7 Å². The highest BCUT2D eigenvalue weighted by Gasteiger charge is 2.14. The lowest BCUT2D eigenvalue weighted by atomic mass is 10.2. The van der Waals surface area contributed by atoms with Gasteiger partial charge in [-0.05, 0) is 31.5 Å². The number of benzene rings is 1. The first kappa shape index (κ1) is 23.2. The summed E-state index contributed by atoms with van der Waals surface area (Å²) >= 11 is 0. The summed E-state index contributed by atoms with van der Waals surface area (Å²) in [5.41, 5.74) is 3.92. The molecule has 0 bridgehead atoms. The molecular weight excluding hydrogens is 411 g/mol. The Balaban J connectivity index is 1.63. The van der Waals surface area contributed by atoms with Crippen molar-refractivity contribution in [1.82, 2.24) is 14.8 Å². The monoisotopic (exact) mass is 440 g/mol. The average molecular weight is 441 g/mol. The first-order valence-electron chi connectivity index (χ1n) is 10.4. The summed E-state index contributed by atoms with van der Waals surface area (Å²) < 4.78 is 20.3. The largest absolute Gasteiger partial charge is 0.386 e. The van der Waals surface area contributed by atoms with Gasteiger partial charge in [-0.1, -0.05) is 12.1 Å². The van der Waals surface area contributed by atoms with Crippen molar-refractivity contribution >= 4 is 23.1 Å². The number of nitrogens with zero attached hydrogens (tertiary/aromatic N) is 3. The number of methoxy groups -OCH3 is 1. The second-order valence-corrected chi connectivity index (χ2v) is 7.59. The van der Waals surface area contributed by atoms with Crippen LogP contribution in [-0.4, -0.2) is 40.9 Å². The van der Waals surface area contributed by atoms with Crippen LogP contribution in [0, 0.1) is 12.7 Å². The van der Waals surface area contributed by atoms with Gasteiger partial charge in [0.05, 0.1) is 42.3 Å². The van der Waals surface area contributed by atoms with E-state index >= 15 is 0 Å². The van der Waals surface area contributed by atoms with Crippen LogP contribution in [0.25, 0.3) is 0 Å². The van der Waals surface area contributed by atoms with Gasteiger partial charge in [-0.3, -0.25) is 9.48 Å². The van der Waals surface area contributed by atoms with Gasteiger partial charge >= 0.3 is 0 Å². The summed E-state index contributed by atoms with van der Waals surface area (Å²) in [7, 11) is 3.37. The van der Waals surface area contributed by atoms with Crippen LogP contribution in [0.3, 0.4) is 0 Å². The van der Waals surface area contributed by atoms with Crippen LogP contribution in [0.5, 0.6) is 0 Å². The fourth-order valence-corrected chi connectivity index (χ4v) is 3.25. The van der Waals surface area contributed by atoms with Crippen molar-refractivity contribution in [2.75, 3.05) is 30.1 Å². The van der Waals surface area contributed by atoms with E-state index in [0.717, 1.165) is 16.8 Å². The molecular formula is C23H29FN6O2. The highest BCUT2D eigenvalue weighted by atomic mass is 19.1. The second kappa shape index (κ2) is 10.7. The van der Waals surface area contributed by atoms with Gasteiger partial charge in [0.15, 0.2) is 0 Å². The summed E-state index contributed by atoms with van der Waals surface area (Å²) in [6, 6.07) is 8.33. The van der Waals surface area contributed by atoms with Crippen LogP contribution in [0.1, 0.15) is 30.2 Å². The van der Waals surface area contributed by atoms with Crippen molar-refractivity contribution in [2.24, 2.45) is 0 Å². The zero-order chi connectivity index (χ0) is 23.1. The molecule has 0 radical (unpaired) electrons. The molecule has 2 aromatic heterocycles. The minimum absolute atomic E-state index is 0.132. The number of anilines is 3. The number of hydrogen-bond donors (Lipinski definition) is 3. The van der Waals surface area contributed by atoms with Crippen molar-refractivity contribution in [3.05, 3.63) is 65.4 Å². The molecule has 0 spiro atoms. The van der Waals surface area contributed by atoms with Crippen molar-refractivity contribution in [3.63, 3.8) is 0 Å². The van der Waals surface area contributed by atoms with Gasteiger partial charge in [-0.15, -0.1) is 0 Å². The predicted octanol–water partition coefficient (Wildman–Crippen LogP) is 3.79. The van der Waals surface area contributed by atoms with Gasteiger partial charge in [0, 0.05) is 38.5 Å². The van der Waals surface area contributed by atoms with Gasteiger partial charge in [-0.25, -0.2) is 9.37 Å². The Morgan fingerprint density at radius 1 is 1.28 bits per heavy atom. The number of rotatable bonds is 10. The Morgan fingerprint density at radius 3 is 2.81 bits per heavy atom. The maximum atomic E-state index is 13.4. The molecule has 0 aliphatic rings. The maximum absolute atomic E-state index is 13.4. The molecule has 1 aromatic carbocycles. The van der Waals surface area contributed by atoms with Gasteiger partial charge in [-0.2, -0.15) is 5.10 Å². The summed E-state index contributed by atoms with van der Waals surface area (Å²) in [6.45, 7) is 4.71. The van der Waals surface area contributed by atoms with Crippen molar-refractivity contribution < 1.29 is 13.9 Å². The standard InChI is InChI=1S/C23H29FN6O2/c1-15(32-4)8-22(31)29-23-16(2)28-21(10-20(23)25-3)26-11-18-12-27-30(14-18)13-17-6-5-7-19(24)9-17/h5-7,9-10,12,14-15H,8,11,13H2,1-4H3,(H,29,31)(H2,25,26,28)/t15-/m1/s1. The van der Waals surface area contributed by atoms with Gasteiger partial charge in [0.1, 0.15) is 11.6 Å². The minimum atomic E-state index is -0.258. The number of carbonyl (C=O) groups excluding carboxylic acids is 1. The number of aryl methyl sites for hydroxylation is 1. The van der Waals surface area contributed by atoms with E-state index in [0.29, 0.717) is 30.3 Å². The van der Waals surface area contributed by atoms with Crippen LogP contribution in [0.4, 0.5) is 21.6 Å². The molecule has 0 unspecified atom stereocenters. The van der Waals surface area contributed by atoms with Crippen LogP contribution in [0.2, 0.25) is 0 Å². The van der Waals surface area contributed by atoms with E-state index in [1.54, 1.807) is 31.1 Å². The molecule has 3 rings (SSSR count). The Morgan fingerprint density at radius 2 is 2.09 bits per heavy atom. The third-order valence-electron chi connectivity index (χ3n) is 5.00. The lowest BCUT2D eigenvalue weighted by Crippen LogP contribution is -2.20. The summed E-state index contributed by atoms with van der Waals surface area (Å²) in [5, 5.41) is 13.7. The van der Waals surface area contributed by atoms with Crippen LogP contribution >= 0.6 is 0 Å². The highest BCUT2D eigenvalue weighted by Crippen LogP contribution is 2.28. The third kappa shape index (κ3) is 6.27. The Hall–Kier alpha value is -3.46. The number of pyridine rings is 1. The molecule has 0 aliphatic carbocycles. The smallest absolute Gasteiger partial charge is 0.227 e. The van der Waals surface area contributed by atoms with E-state index in [1.165, 1.54) is 12.1 Å². The second-order valence-electron chi connectivity index (χ2n) is 7.59. The van der Waals surface area contributed by atoms with E-state index in [-0.39, 0.29) is 24.2 Å². The molecule has 9 heteroatoms. The first-order chi connectivity index (χ1) is 15.4. The SMILES string of the molecule is CNc1cc(NCc2cnn(Cc3cccc(F)c3)c2)nc(C)c1NC(=O)C[C@@H](C)OC. The molecule has 170 valence electrons.